The lowest BCUT2D eigenvalue weighted by Crippen LogP contribution is -2.38. The number of hydrogen-bond donors (Lipinski definition) is 2. The lowest BCUT2D eigenvalue weighted by molar-refractivity contribution is 0.192. The average Bonchev–Trinajstić information content (AvgIpc) is 3.06. The van der Waals surface area contributed by atoms with Crippen molar-refractivity contribution in [2.75, 3.05) is 6.54 Å². The van der Waals surface area contributed by atoms with E-state index in [1.54, 1.807) is 12.1 Å². The summed E-state index contributed by atoms with van der Waals surface area (Å²) >= 11 is 0. The first-order chi connectivity index (χ1) is 10.5. The number of fused-ring (bicyclic) bond motifs is 1. The highest BCUT2D eigenvalue weighted by molar-refractivity contribution is 7.85. The minimum absolute atomic E-state index is 0.0666. The molecule has 1 aliphatic heterocycles. The Morgan fingerprint density at radius 1 is 1.30 bits per heavy atom. The van der Waals surface area contributed by atoms with Crippen molar-refractivity contribution in [3.05, 3.63) is 29.8 Å². The van der Waals surface area contributed by atoms with Gasteiger partial charge in [-0.2, -0.15) is 13.7 Å². The first-order valence-corrected chi connectivity index (χ1v) is 9.13. The van der Waals surface area contributed by atoms with Crippen LogP contribution in [0.4, 0.5) is 0 Å². The molecule has 2 aliphatic rings. The van der Waals surface area contributed by atoms with Gasteiger partial charge in [0.25, 0.3) is 10.1 Å². The molecule has 5 nitrogen and oxygen atoms in total. The second-order valence-electron chi connectivity index (χ2n) is 7.45. The minimum Gasteiger partial charge on any atom is -0.301 e. The van der Waals surface area contributed by atoms with Gasteiger partial charge in [-0.1, -0.05) is 38.5 Å². The maximum absolute atomic E-state index is 10.5. The molecule has 126 valence electrons. The molecule has 3 rings (SSSR count). The predicted molar refractivity (Wildman–Crippen MR) is 88.4 cm³/mol. The van der Waals surface area contributed by atoms with E-state index in [2.05, 4.69) is 32.2 Å². The Morgan fingerprint density at radius 3 is 2.22 bits per heavy atom. The Balaban J connectivity index is 0.000000168. The number of hydrogen-bond acceptors (Lipinski definition) is 4. The van der Waals surface area contributed by atoms with E-state index in [-0.39, 0.29) is 16.4 Å². The Morgan fingerprint density at radius 2 is 1.87 bits per heavy atom. The fourth-order valence-electron chi connectivity index (χ4n) is 3.62. The van der Waals surface area contributed by atoms with E-state index in [9.17, 15) is 8.42 Å². The van der Waals surface area contributed by atoms with Crippen LogP contribution in [0.25, 0.3) is 0 Å². The summed E-state index contributed by atoms with van der Waals surface area (Å²) in [5.41, 5.74) is 1.53. The summed E-state index contributed by atoms with van der Waals surface area (Å²) in [4.78, 5) is -0.0666. The molecular weight excluding hydrogens is 312 g/mol. The molecule has 1 aliphatic carbocycles. The highest BCUT2D eigenvalue weighted by Crippen LogP contribution is 2.67. The molecule has 6 heteroatoms. The van der Waals surface area contributed by atoms with Crippen LogP contribution in [0.15, 0.2) is 29.2 Å². The fourth-order valence-corrected chi connectivity index (χ4v) is 4.10. The molecule has 2 fully saturated rings. The quantitative estimate of drug-likeness (QED) is 0.770. The molecule has 0 spiro atoms. The second-order valence-corrected chi connectivity index (χ2v) is 8.87. The molecule has 1 aromatic rings. The van der Waals surface area contributed by atoms with Crippen molar-refractivity contribution in [3.63, 3.8) is 0 Å². The molecule has 0 bridgehead atoms. The second kappa shape index (κ2) is 5.90. The van der Waals surface area contributed by atoms with Crippen LogP contribution >= 0.6 is 0 Å². The topological polar surface area (TPSA) is 90.2 Å². The van der Waals surface area contributed by atoms with Crippen LogP contribution in [0.1, 0.15) is 32.8 Å². The van der Waals surface area contributed by atoms with E-state index in [0.717, 1.165) is 18.0 Å². The van der Waals surface area contributed by atoms with Gasteiger partial charge in [-0.3, -0.25) is 4.55 Å². The van der Waals surface area contributed by atoms with Crippen molar-refractivity contribution >= 4 is 10.1 Å². The van der Waals surface area contributed by atoms with Crippen LogP contribution in [0.3, 0.4) is 0 Å². The highest BCUT2D eigenvalue weighted by atomic mass is 32.2. The molecule has 1 heterocycles. The minimum atomic E-state index is -4.02. The van der Waals surface area contributed by atoms with Crippen LogP contribution in [-0.2, 0) is 10.1 Å². The molecule has 1 saturated heterocycles. The van der Waals surface area contributed by atoms with Gasteiger partial charge in [0, 0.05) is 5.41 Å². The van der Waals surface area contributed by atoms with Gasteiger partial charge in [0.05, 0.1) is 11.0 Å². The van der Waals surface area contributed by atoms with Gasteiger partial charge < -0.3 is 5.32 Å². The summed E-state index contributed by atoms with van der Waals surface area (Å²) in [5.74, 6) is 0.766. The Bertz CT molecular complexity index is 714. The molecule has 0 amide bonds. The molecule has 1 aromatic carbocycles. The van der Waals surface area contributed by atoms with Gasteiger partial charge in [-0.15, -0.1) is 0 Å². The highest BCUT2D eigenvalue weighted by Gasteiger charge is 2.68. The number of nitrogens with zero attached hydrogens (tertiary/aromatic N) is 1. The van der Waals surface area contributed by atoms with Crippen LogP contribution in [0.2, 0.25) is 0 Å². The molecule has 2 N–H and O–H groups in total. The van der Waals surface area contributed by atoms with Gasteiger partial charge in [0.2, 0.25) is 0 Å². The smallest absolute Gasteiger partial charge is 0.294 e. The van der Waals surface area contributed by atoms with Gasteiger partial charge in [-0.25, -0.2) is 0 Å². The number of benzene rings is 1. The van der Waals surface area contributed by atoms with E-state index in [1.807, 2.05) is 6.92 Å². The zero-order valence-corrected chi connectivity index (χ0v) is 14.8. The zero-order valence-electron chi connectivity index (χ0n) is 14.0. The number of nitriles is 1. The van der Waals surface area contributed by atoms with Crippen LogP contribution in [-0.4, -0.2) is 25.6 Å². The summed E-state index contributed by atoms with van der Waals surface area (Å²) in [6.45, 7) is 9.66. The summed E-state index contributed by atoms with van der Waals surface area (Å²) in [5, 5.41) is 12.3. The van der Waals surface area contributed by atoms with Crippen LogP contribution < -0.4 is 5.32 Å². The third-order valence-corrected chi connectivity index (χ3v) is 5.95. The zero-order chi connectivity index (χ0) is 17.5. The molecule has 1 saturated carbocycles. The van der Waals surface area contributed by atoms with E-state index >= 15 is 0 Å². The first kappa shape index (κ1) is 17.9. The lowest BCUT2D eigenvalue weighted by atomic mass is 9.73. The van der Waals surface area contributed by atoms with Crippen LogP contribution in [0.5, 0.6) is 0 Å². The maximum Gasteiger partial charge on any atom is 0.294 e. The van der Waals surface area contributed by atoms with Crippen molar-refractivity contribution in [1.82, 2.24) is 5.32 Å². The number of aryl methyl sites for hydroxylation is 1. The Labute approximate surface area is 138 Å². The predicted octanol–water partition coefficient (Wildman–Crippen LogP) is 2.78. The lowest BCUT2D eigenvalue weighted by Gasteiger charge is -2.32. The number of nitrogens with one attached hydrogen (secondary N) is 1. The van der Waals surface area contributed by atoms with E-state index in [0.29, 0.717) is 5.41 Å². The summed E-state index contributed by atoms with van der Waals surface area (Å²) < 4.78 is 29.6. The van der Waals surface area contributed by atoms with Crippen molar-refractivity contribution < 1.29 is 13.0 Å². The molecule has 23 heavy (non-hydrogen) atoms. The third-order valence-electron chi connectivity index (χ3n) is 5.08. The molecule has 0 radical (unpaired) electrons. The fraction of sp³-hybridized carbons (Fsp3) is 0.588. The third kappa shape index (κ3) is 3.42. The van der Waals surface area contributed by atoms with Gasteiger partial charge in [-0.05, 0) is 43.4 Å². The molecular formula is C17H24N2O3S. The monoisotopic (exact) mass is 336 g/mol. The number of rotatable bonds is 1. The van der Waals surface area contributed by atoms with Crippen molar-refractivity contribution in [1.29, 1.82) is 5.26 Å². The standard InChI is InChI=1S/C10H16N2.C7H8O3S/c1-9(2,3)10-4-7(10)6-12-8(10)5-11;1-6-2-4-7(5-3-6)11(8,9)10/h7-8,12H,4,6H2,1-3H3;2-5H,1H3,(H,8,9,10)/t7-,8-,10+;/m1./s1. The van der Waals surface area contributed by atoms with Gasteiger partial charge in [0.1, 0.15) is 6.04 Å². The largest absolute Gasteiger partial charge is 0.301 e. The van der Waals surface area contributed by atoms with E-state index < -0.39 is 10.1 Å². The van der Waals surface area contributed by atoms with E-state index in [1.165, 1.54) is 18.6 Å². The van der Waals surface area contributed by atoms with Crippen LogP contribution in [0, 0.1) is 35.0 Å². The van der Waals surface area contributed by atoms with Crippen molar-refractivity contribution in [2.45, 2.75) is 45.1 Å². The van der Waals surface area contributed by atoms with E-state index in [4.69, 9.17) is 9.81 Å². The average molecular weight is 336 g/mol. The van der Waals surface area contributed by atoms with Crippen molar-refractivity contribution in [3.8, 4) is 6.07 Å². The van der Waals surface area contributed by atoms with Crippen molar-refractivity contribution in [2.24, 2.45) is 16.7 Å². The summed E-state index contributed by atoms with van der Waals surface area (Å²) in [7, 11) is -4.02. The molecule has 3 atom stereocenters. The van der Waals surface area contributed by atoms with Gasteiger partial charge in [0.15, 0.2) is 0 Å². The first-order valence-electron chi connectivity index (χ1n) is 7.69. The Kier molecular flexibility index (Phi) is 4.60. The summed E-state index contributed by atoms with van der Waals surface area (Å²) in [6, 6.07) is 8.48. The molecule has 0 aromatic heterocycles. The maximum atomic E-state index is 10.5. The normalized spacial score (nSPS) is 29.0. The Hall–Kier alpha value is -1.42. The molecule has 0 unspecified atom stereocenters. The van der Waals surface area contributed by atoms with Gasteiger partial charge >= 0.3 is 0 Å². The number of piperidine rings is 1. The summed E-state index contributed by atoms with van der Waals surface area (Å²) in [6.07, 6.45) is 1.25. The SMILES string of the molecule is CC(C)(C)[C@@]12C[C@@H]1CN[C@@H]2C#N.Cc1ccc(S(=O)(=O)O)cc1.